The number of rotatable bonds is 14. The second kappa shape index (κ2) is 13.5. The summed E-state index contributed by atoms with van der Waals surface area (Å²) in [4.78, 5) is 23.4. The first kappa shape index (κ1) is 21.2. The quantitative estimate of drug-likeness (QED) is 0.259. The van der Waals surface area contributed by atoms with Crippen molar-refractivity contribution in [1.82, 2.24) is 0 Å². The molecule has 140 valence electrons. The normalized spacial score (nSPS) is 10.5. The standard InChI is InChI=1S/C21H32O4/c1-3-5-6-7-10-17-25-19-15-13-18(14-16-19)20(22)11-8-9-12-21(23)24-4-2/h13-16H,3-12,17H2,1-2H3. The van der Waals surface area contributed by atoms with Crippen molar-refractivity contribution in [3.63, 3.8) is 0 Å². The van der Waals surface area contributed by atoms with Crippen LogP contribution in [0.2, 0.25) is 0 Å². The third-order valence-corrected chi connectivity index (χ3v) is 4.03. The monoisotopic (exact) mass is 348 g/mol. The third-order valence-electron chi connectivity index (χ3n) is 4.03. The van der Waals surface area contributed by atoms with E-state index in [1.165, 1.54) is 25.7 Å². The summed E-state index contributed by atoms with van der Waals surface area (Å²) < 4.78 is 10.6. The summed E-state index contributed by atoms with van der Waals surface area (Å²) >= 11 is 0. The fourth-order valence-corrected chi connectivity index (χ4v) is 2.57. The van der Waals surface area contributed by atoms with E-state index in [-0.39, 0.29) is 11.8 Å². The number of carbonyl (C=O) groups excluding carboxylic acids is 2. The number of hydrogen-bond acceptors (Lipinski definition) is 4. The van der Waals surface area contributed by atoms with E-state index in [0.717, 1.165) is 18.8 Å². The van der Waals surface area contributed by atoms with E-state index in [9.17, 15) is 9.59 Å². The minimum absolute atomic E-state index is 0.106. The van der Waals surface area contributed by atoms with E-state index in [4.69, 9.17) is 9.47 Å². The molecule has 0 spiro atoms. The Morgan fingerprint density at radius 3 is 2.20 bits per heavy atom. The van der Waals surface area contributed by atoms with Gasteiger partial charge in [0, 0.05) is 18.4 Å². The topological polar surface area (TPSA) is 52.6 Å². The summed E-state index contributed by atoms with van der Waals surface area (Å²) in [5.41, 5.74) is 0.700. The smallest absolute Gasteiger partial charge is 0.305 e. The minimum atomic E-state index is -0.189. The molecule has 0 saturated heterocycles. The van der Waals surface area contributed by atoms with E-state index in [1.54, 1.807) is 6.92 Å². The molecule has 0 aromatic heterocycles. The molecule has 0 heterocycles. The minimum Gasteiger partial charge on any atom is -0.494 e. The molecule has 0 bridgehead atoms. The summed E-state index contributed by atoms with van der Waals surface area (Å²) in [7, 11) is 0. The van der Waals surface area contributed by atoms with Crippen LogP contribution < -0.4 is 4.74 Å². The number of hydrogen-bond donors (Lipinski definition) is 0. The first-order chi connectivity index (χ1) is 12.2. The van der Waals surface area contributed by atoms with Crippen LogP contribution in [0.25, 0.3) is 0 Å². The van der Waals surface area contributed by atoms with Gasteiger partial charge in [-0.05, 0) is 50.5 Å². The Labute approximate surface area is 151 Å². The fraction of sp³-hybridized carbons (Fsp3) is 0.619. The highest BCUT2D eigenvalue weighted by Crippen LogP contribution is 2.15. The number of ketones is 1. The van der Waals surface area contributed by atoms with E-state index < -0.39 is 0 Å². The van der Waals surface area contributed by atoms with Crippen molar-refractivity contribution in [2.75, 3.05) is 13.2 Å². The van der Waals surface area contributed by atoms with Crippen molar-refractivity contribution in [3.8, 4) is 5.75 Å². The van der Waals surface area contributed by atoms with Gasteiger partial charge in [-0.1, -0.05) is 32.6 Å². The van der Waals surface area contributed by atoms with Gasteiger partial charge < -0.3 is 9.47 Å². The molecule has 0 unspecified atom stereocenters. The first-order valence-corrected chi connectivity index (χ1v) is 9.59. The van der Waals surface area contributed by atoms with Crippen LogP contribution in [0.3, 0.4) is 0 Å². The molecule has 1 rings (SSSR count). The molecule has 0 aliphatic rings. The Hall–Kier alpha value is -1.84. The van der Waals surface area contributed by atoms with Crippen molar-refractivity contribution < 1.29 is 19.1 Å². The van der Waals surface area contributed by atoms with Crippen LogP contribution in [-0.4, -0.2) is 25.0 Å². The lowest BCUT2D eigenvalue weighted by Gasteiger charge is -2.07. The first-order valence-electron chi connectivity index (χ1n) is 9.59. The van der Waals surface area contributed by atoms with E-state index in [1.807, 2.05) is 24.3 Å². The maximum absolute atomic E-state index is 12.1. The van der Waals surface area contributed by atoms with Crippen LogP contribution in [0.1, 0.15) is 82.0 Å². The molecule has 4 heteroatoms. The summed E-state index contributed by atoms with van der Waals surface area (Å²) in [6.45, 7) is 5.14. The highest BCUT2D eigenvalue weighted by atomic mass is 16.5. The Morgan fingerprint density at radius 2 is 1.52 bits per heavy atom. The zero-order valence-corrected chi connectivity index (χ0v) is 15.7. The molecular weight excluding hydrogens is 316 g/mol. The maximum atomic E-state index is 12.1. The number of Topliss-reactive ketones (excluding diaryl/α,β-unsaturated/α-hetero) is 1. The molecule has 0 aliphatic heterocycles. The summed E-state index contributed by atoms with van der Waals surface area (Å²) in [5.74, 6) is 0.732. The summed E-state index contributed by atoms with van der Waals surface area (Å²) in [6, 6.07) is 7.36. The molecule has 0 amide bonds. The zero-order chi connectivity index (χ0) is 18.3. The van der Waals surface area contributed by atoms with Gasteiger partial charge in [0.1, 0.15) is 5.75 Å². The highest BCUT2D eigenvalue weighted by molar-refractivity contribution is 5.96. The van der Waals surface area contributed by atoms with Crippen molar-refractivity contribution in [2.45, 2.75) is 71.6 Å². The van der Waals surface area contributed by atoms with Gasteiger partial charge in [-0.2, -0.15) is 0 Å². The van der Waals surface area contributed by atoms with Gasteiger partial charge in [0.05, 0.1) is 13.2 Å². The van der Waals surface area contributed by atoms with Gasteiger partial charge in [-0.15, -0.1) is 0 Å². The second-order valence-electron chi connectivity index (χ2n) is 6.22. The molecule has 0 fully saturated rings. The number of unbranched alkanes of at least 4 members (excludes halogenated alkanes) is 5. The largest absolute Gasteiger partial charge is 0.494 e. The van der Waals surface area contributed by atoms with Crippen LogP contribution in [0.5, 0.6) is 5.75 Å². The number of ether oxygens (including phenoxy) is 2. The SMILES string of the molecule is CCCCCCCOc1ccc(C(=O)CCCCC(=O)OCC)cc1. The molecule has 1 aromatic rings. The van der Waals surface area contributed by atoms with Crippen LogP contribution in [-0.2, 0) is 9.53 Å². The predicted octanol–water partition coefficient (Wildman–Crippen LogP) is 5.34. The molecule has 0 saturated carbocycles. The van der Waals surface area contributed by atoms with Gasteiger partial charge >= 0.3 is 5.97 Å². The predicted molar refractivity (Wildman–Crippen MR) is 100 cm³/mol. The zero-order valence-electron chi connectivity index (χ0n) is 15.7. The van der Waals surface area contributed by atoms with Gasteiger partial charge in [0.25, 0.3) is 0 Å². The Balaban J connectivity index is 2.21. The lowest BCUT2D eigenvalue weighted by atomic mass is 10.0. The van der Waals surface area contributed by atoms with E-state index in [2.05, 4.69) is 6.92 Å². The lowest BCUT2D eigenvalue weighted by Crippen LogP contribution is -2.04. The van der Waals surface area contributed by atoms with Crippen molar-refractivity contribution in [2.24, 2.45) is 0 Å². The van der Waals surface area contributed by atoms with Crippen LogP contribution in [0.15, 0.2) is 24.3 Å². The third kappa shape index (κ3) is 9.90. The van der Waals surface area contributed by atoms with Crippen LogP contribution >= 0.6 is 0 Å². The average molecular weight is 348 g/mol. The Bertz CT molecular complexity index is 493. The van der Waals surface area contributed by atoms with Gasteiger partial charge in [-0.3, -0.25) is 9.59 Å². The Morgan fingerprint density at radius 1 is 0.840 bits per heavy atom. The number of benzene rings is 1. The molecule has 4 nitrogen and oxygen atoms in total. The fourth-order valence-electron chi connectivity index (χ4n) is 2.57. The Kier molecular flexibility index (Phi) is 11.4. The van der Waals surface area contributed by atoms with Crippen molar-refractivity contribution >= 4 is 11.8 Å². The molecule has 25 heavy (non-hydrogen) atoms. The van der Waals surface area contributed by atoms with Crippen molar-refractivity contribution in [3.05, 3.63) is 29.8 Å². The second-order valence-corrected chi connectivity index (χ2v) is 6.22. The van der Waals surface area contributed by atoms with Crippen LogP contribution in [0.4, 0.5) is 0 Å². The molecular formula is C21H32O4. The van der Waals surface area contributed by atoms with Gasteiger partial charge in [-0.25, -0.2) is 0 Å². The summed E-state index contributed by atoms with van der Waals surface area (Å²) in [6.07, 6.45) is 8.30. The van der Waals surface area contributed by atoms with Gasteiger partial charge in [0.15, 0.2) is 5.78 Å². The molecule has 0 aliphatic carbocycles. The average Bonchev–Trinajstić information content (AvgIpc) is 2.62. The molecule has 0 atom stereocenters. The number of carbonyl (C=O) groups is 2. The highest BCUT2D eigenvalue weighted by Gasteiger charge is 2.07. The van der Waals surface area contributed by atoms with E-state index in [0.29, 0.717) is 37.9 Å². The maximum Gasteiger partial charge on any atom is 0.305 e. The lowest BCUT2D eigenvalue weighted by molar-refractivity contribution is -0.143. The molecule has 0 N–H and O–H groups in total. The molecule has 1 aromatic carbocycles. The van der Waals surface area contributed by atoms with Crippen LogP contribution in [0, 0.1) is 0 Å². The van der Waals surface area contributed by atoms with E-state index >= 15 is 0 Å². The van der Waals surface area contributed by atoms with Gasteiger partial charge in [0.2, 0.25) is 0 Å². The molecule has 0 radical (unpaired) electrons. The van der Waals surface area contributed by atoms with Crippen molar-refractivity contribution in [1.29, 1.82) is 0 Å². The summed E-state index contributed by atoms with van der Waals surface area (Å²) in [5, 5.41) is 0. The number of esters is 1.